The first-order valence-electron chi connectivity index (χ1n) is 2.99. The SMILES string of the molecule is O=S([O-])C(F)(F)C(F)(F)C(F)(F)C(F)(F)F.[Na+]. The average Bonchev–Trinajstić information content (AvgIpc) is 2.00. The molecule has 98 valence electrons. The Morgan fingerprint density at radius 1 is 0.765 bits per heavy atom. The van der Waals surface area contributed by atoms with E-state index in [-0.39, 0.29) is 29.6 Å². The standard InChI is InChI=1S/C4HF9O2S.Na/c5-1(6,3(9,10)11)2(7,8)4(12,13)16(14)15;/h(H,14,15);/q;+1/p-1. The Morgan fingerprint density at radius 3 is 1.24 bits per heavy atom. The normalized spacial score (nSPS) is 16.4. The summed E-state index contributed by atoms with van der Waals surface area (Å²) in [6, 6.07) is 0. The van der Waals surface area contributed by atoms with Gasteiger partial charge in [-0.15, -0.1) is 0 Å². The fourth-order valence-electron chi connectivity index (χ4n) is 0.465. The van der Waals surface area contributed by atoms with Crippen molar-refractivity contribution in [3.8, 4) is 0 Å². The molecule has 0 saturated carbocycles. The van der Waals surface area contributed by atoms with Gasteiger partial charge in [-0.1, -0.05) is 0 Å². The minimum atomic E-state index is -7.18. The van der Waals surface area contributed by atoms with Crippen LogP contribution < -0.4 is 29.6 Å². The van der Waals surface area contributed by atoms with Gasteiger partial charge in [0.15, 0.2) is 0 Å². The van der Waals surface area contributed by atoms with Crippen molar-refractivity contribution in [1.29, 1.82) is 0 Å². The van der Waals surface area contributed by atoms with E-state index in [2.05, 4.69) is 0 Å². The molecule has 0 aromatic heterocycles. The second-order valence-electron chi connectivity index (χ2n) is 2.40. The van der Waals surface area contributed by atoms with Gasteiger partial charge in [0.1, 0.15) is 0 Å². The van der Waals surface area contributed by atoms with Gasteiger partial charge in [0.2, 0.25) is 0 Å². The van der Waals surface area contributed by atoms with Crippen LogP contribution in [0.5, 0.6) is 0 Å². The predicted octanol–water partition coefficient (Wildman–Crippen LogP) is -0.705. The summed E-state index contributed by atoms with van der Waals surface area (Å²) in [5, 5.41) is -6.55. The first kappa shape index (κ1) is 19.8. The topological polar surface area (TPSA) is 40.1 Å². The molecule has 1 atom stereocenters. The maximum absolute atomic E-state index is 12.1. The average molecular weight is 306 g/mol. The molecule has 17 heavy (non-hydrogen) atoms. The zero-order chi connectivity index (χ0) is 13.6. The van der Waals surface area contributed by atoms with Crippen molar-refractivity contribution in [3.63, 3.8) is 0 Å². The van der Waals surface area contributed by atoms with Crippen molar-refractivity contribution < 1.29 is 77.8 Å². The molecule has 0 saturated heterocycles. The Hall–Kier alpha value is 0.480. The number of halogens is 9. The predicted molar refractivity (Wildman–Crippen MR) is 29.8 cm³/mol. The molecule has 13 heteroatoms. The van der Waals surface area contributed by atoms with Crippen LogP contribution in [0.4, 0.5) is 39.5 Å². The largest absolute Gasteiger partial charge is 1.00 e. The zero-order valence-corrected chi connectivity index (χ0v) is 10.4. The Labute approximate surface area is 112 Å². The molecule has 2 nitrogen and oxygen atoms in total. The summed E-state index contributed by atoms with van der Waals surface area (Å²) >= 11 is -5.14. The second kappa shape index (κ2) is 5.23. The van der Waals surface area contributed by atoms with E-state index < -0.39 is 34.4 Å². The van der Waals surface area contributed by atoms with Gasteiger partial charge in [-0.05, 0) is 0 Å². The minimum absolute atomic E-state index is 0. The van der Waals surface area contributed by atoms with Crippen LogP contribution >= 0.6 is 0 Å². The van der Waals surface area contributed by atoms with E-state index in [1.807, 2.05) is 0 Å². The fourth-order valence-corrected chi connectivity index (χ4v) is 0.803. The molecule has 0 spiro atoms. The van der Waals surface area contributed by atoms with E-state index in [0.29, 0.717) is 0 Å². The van der Waals surface area contributed by atoms with Crippen LogP contribution in [0.25, 0.3) is 0 Å². The molecule has 1 unspecified atom stereocenters. The van der Waals surface area contributed by atoms with Crippen molar-refractivity contribution in [2.45, 2.75) is 23.3 Å². The third-order valence-electron chi connectivity index (χ3n) is 1.33. The molecule has 0 aliphatic rings. The Balaban J connectivity index is 0. The van der Waals surface area contributed by atoms with Gasteiger partial charge in [-0.2, -0.15) is 39.5 Å². The summed E-state index contributed by atoms with van der Waals surface area (Å²) in [6.45, 7) is 0. The molecule has 0 bridgehead atoms. The number of rotatable bonds is 3. The van der Waals surface area contributed by atoms with Crippen LogP contribution in [0.3, 0.4) is 0 Å². The molecule has 0 aromatic carbocycles. The molecule has 0 radical (unpaired) electrons. The van der Waals surface area contributed by atoms with E-state index in [4.69, 9.17) is 0 Å². The monoisotopic (exact) mass is 306 g/mol. The van der Waals surface area contributed by atoms with Crippen molar-refractivity contribution in [1.82, 2.24) is 0 Å². The molecular weight excluding hydrogens is 306 g/mol. The number of hydrogen-bond donors (Lipinski definition) is 0. The van der Waals surface area contributed by atoms with E-state index in [1.54, 1.807) is 0 Å². The maximum Gasteiger partial charge on any atom is 1.00 e. The van der Waals surface area contributed by atoms with E-state index in [0.717, 1.165) is 0 Å². The Morgan fingerprint density at radius 2 is 1.06 bits per heavy atom. The van der Waals surface area contributed by atoms with Crippen LogP contribution in [0, 0.1) is 0 Å². The fraction of sp³-hybridized carbons (Fsp3) is 1.00. The summed E-state index contributed by atoms with van der Waals surface area (Å²) in [6.07, 6.45) is -7.01. The quantitative estimate of drug-likeness (QED) is 0.393. The van der Waals surface area contributed by atoms with Crippen molar-refractivity contribution in [2.24, 2.45) is 0 Å². The van der Waals surface area contributed by atoms with Gasteiger partial charge in [0.25, 0.3) is 0 Å². The Bertz CT molecular complexity index is 300. The van der Waals surface area contributed by atoms with Crippen molar-refractivity contribution in [3.05, 3.63) is 0 Å². The molecule has 0 fully saturated rings. The third-order valence-corrected chi connectivity index (χ3v) is 2.00. The van der Waals surface area contributed by atoms with Crippen LogP contribution in [0.1, 0.15) is 0 Å². The van der Waals surface area contributed by atoms with Gasteiger partial charge >= 0.3 is 52.8 Å². The molecule has 0 rings (SSSR count). The van der Waals surface area contributed by atoms with Crippen LogP contribution in [0.2, 0.25) is 0 Å². The third kappa shape index (κ3) is 3.08. The molecule has 0 aliphatic heterocycles. The van der Waals surface area contributed by atoms with E-state index in [9.17, 15) is 48.3 Å². The number of alkyl halides is 9. The zero-order valence-electron chi connectivity index (χ0n) is 7.63. The Kier molecular flexibility index (Phi) is 6.09. The summed E-state index contributed by atoms with van der Waals surface area (Å²) < 4.78 is 125. The minimum Gasteiger partial charge on any atom is -0.768 e. The van der Waals surface area contributed by atoms with Gasteiger partial charge < -0.3 is 4.55 Å². The molecule has 0 amide bonds. The number of hydrogen-bond acceptors (Lipinski definition) is 2. The van der Waals surface area contributed by atoms with Crippen molar-refractivity contribution in [2.75, 3.05) is 0 Å². The molecule has 0 aromatic rings. The van der Waals surface area contributed by atoms with Crippen LogP contribution in [-0.2, 0) is 11.1 Å². The molecule has 0 aliphatic carbocycles. The first-order valence-corrected chi connectivity index (χ1v) is 4.06. The van der Waals surface area contributed by atoms with Gasteiger partial charge in [0, 0.05) is 11.1 Å². The molecule has 0 heterocycles. The molecular formula is C4F9NaO2S. The maximum atomic E-state index is 12.1. The molecule has 0 N–H and O–H groups in total. The van der Waals surface area contributed by atoms with Gasteiger partial charge in [-0.3, -0.25) is 4.21 Å². The second-order valence-corrected chi connectivity index (χ2v) is 3.38. The smallest absolute Gasteiger partial charge is 0.768 e. The first-order chi connectivity index (χ1) is 6.69. The summed E-state index contributed by atoms with van der Waals surface area (Å²) in [5.41, 5.74) is 0. The summed E-state index contributed by atoms with van der Waals surface area (Å²) in [7, 11) is 0. The van der Waals surface area contributed by atoms with Gasteiger partial charge in [-0.25, -0.2) is 0 Å². The van der Waals surface area contributed by atoms with E-state index in [1.165, 1.54) is 0 Å². The van der Waals surface area contributed by atoms with Crippen LogP contribution in [-0.4, -0.2) is 32.0 Å². The van der Waals surface area contributed by atoms with Gasteiger partial charge in [0.05, 0.1) is 0 Å². The summed E-state index contributed by atoms with van der Waals surface area (Å²) in [4.78, 5) is 0. The van der Waals surface area contributed by atoms with E-state index >= 15 is 0 Å². The van der Waals surface area contributed by atoms with Crippen molar-refractivity contribution >= 4 is 11.1 Å². The van der Waals surface area contributed by atoms with Crippen LogP contribution in [0.15, 0.2) is 0 Å². The summed E-state index contributed by atoms with van der Waals surface area (Å²) in [5.74, 6) is -14.3.